The molecule has 0 fully saturated rings. The lowest BCUT2D eigenvalue weighted by Crippen LogP contribution is -2.26. The molecule has 0 bridgehead atoms. The van der Waals surface area contributed by atoms with Crippen LogP contribution < -0.4 is 5.32 Å². The van der Waals surface area contributed by atoms with Gasteiger partial charge in [0.1, 0.15) is 0 Å². The molecule has 1 amide bonds. The molecule has 0 aliphatic heterocycles. The van der Waals surface area contributed by atoms with Crippen LogP contribution in [0.15, 0.2) is 30.3 Å². The van der Waals surface area contributed by atoms with Crippen molar-refractivity contribution in [2.45, 2.75) is 32.6 Å². The molecular formula is C15H23NO2. The van der Waals surface area contributed by atoms with E-state index in [1.807, 2.05) is 25.1 Å². The van der Waals surface area contributed by atoms with Crippen molar-refractivity contribution in [2.24, 2.45) is 0 Å². The van der Waals surface area contributed by atoms with Crippen molar-refractivity contribution < 1.29 is 9.53 Å². The predicted octanol–water partition coefficient (Wildman–Crippen LogP) is 2.72. The summed E-state index contributed by atoms with van der Waals surface area (Å²) in [4.78, 5) is 11.7. The van der Waals surface area contributed by atoms with Gasteiger partial charge < -0.3 is 10.1 Å². The van der Waals surface area contributed by atoms with Crippen LogP contribution in [-0.4, -0.2) is 25.7 Å². The Morgan fingerprint density at radius 2 is 2.06 bits per heavy atom. The van der Waals surface area contributed by atoms with Gasteiger partial charge in [0.05, 0.1) is 0 Å². The summed E-state index contributed by atoms with van der Waals surface area (Å²) in [7, 11) is 0. The fraction of sp³-hybridized carbons (Fsp3) is 0.533. The fourth-order valence-electron chi connectivity index (χ4n) is 1.80. The molecule has 1 aromatic carbocycles. The molecule has 1 N–H and O–H groups in total. The molecule has 3 nitrogen and oxygen atoms in total. The third-order valence-corrected chi connectivity index (χ3v) is 2.85. The number of benzene rings is 1. The van der Waals surface area contributed by atoms with Gasteiger partial charge in [-0.05, 0) is 24.8 Å². The Morgan fingerprint density at radius 1 is 1.33 bits per heavy atom. The summed E-state index contributed by atoms with van der Waals surface area (Å²) < 4.78 is 5.21. The smallest absolute Gasteiger partial charge is 0.220 e. The zero-order chi connectivity index (χ0) is 13.2. The van der Waals surface area contributed by atoms with Crippen molar-refractivity contribution in [3.8, 4) is 0 Å². The largest absolute Gasteiger partial charge is 0.382 e. The number of hydrogen-bond acceptors (Lipinski definition) is 2. The Morgan fingerprint density at radius 3 is 2.72 bits per heavy atom. The summed E-state index contributed by atoms with van der Waals surface area (Å²) in [5.41, 5.74) is 1.21. The Balaban J connectivity index is 2.20. The Kier molecular flexibility index (Phi) is 7.11. The molecule has 0 saturated carbocycles. The van der Waals surface area contributed by atoms with Crippen molar-refractivity contribution in [2.75, 3.05) is 19.8 Å². The fourth-order valence-corrected chi connectivity index (χ4v) is 1.80. The first-order valence-corrected chi connectivity index (χ1v) is 6.63. The highest BCUT2D eigenvalue weighted by Gasteiger charge is 2.10. The van der Waals surface area contributed by atoms with Crippen LogP contribution in [0.4, 0.5) is 0 Å². The number of amides is 1. The van der Waals surface area contributed by atoms with Gasteiger partial charge in [0.15, 0.2) is 0 Å². The van der Waals surface area contributed by atoms with E-state index in [4.69, 9.17) is 4.74 Å². The summed E-state index contributed by atoms with van der Waals surface area (Å²) in [6, 6.07) is 10.1. The highest BCUT2D eigenvalue weighted by atomic mass is 16.5. The zero-order valence-corrected chi connectivity index (χ0v) is 11.3. The van der Waals surface area contributed by atoms with Crippen LogP contribution in [0, 0.1) is 0 Å². The first-order chi connectivity index (χ1) is 8.74. The van der Waals surface area contributed by atoms with Crippen molar-refractivity contribution in [1.29, 1.82) is 0 Å². The highest BCUT2D eigenvalue weighted by Crippen LogP contribution is 2.17. The molecule has 0 aromatic heterocycles. The van der Waals surface area contributed by atoms with Crippen LogP contribution in [0.1, 0.15) is 38.2 Å². The maximum Gasteiger partial charge on any atom is 0.220 e. The van der Waals surface area contributed by atoms with Gasteiger partial charge in [-0.15, -0.1) is 0 Å². The van der Waals surface area contributed by atoms with Gasteiger partial charge in [0, 0.05) is 26.2 Å². The van der Waals surface area contributed by atoms with E-state index in [0.29, 0.717) is 19.6 Å². The van der Waals surface area contributed by atoms with Gasteiger partial charge in [-0.2, -0.15) is 0 Å². The molecule has 100 valence electrons. The minimum absolute atomic E-state index is 0.114. The number of nitrogens with one attached hydrogen (secondary N) is 1. The number of rotatable bonds is 8. The number of ether oxygens (including phenoxy) is 1. The highest BCUT2D eigenvalue weighted by molar-refractivity contribution is 5.76. The molecule has 0 aliphatic carbocycles. The minimum atomic E-state index is 0.114. The third kappa shape index (κ3) is 5.82. The molecule has 0 aliphatic rings. The minimum Gasteiger partial charge on any atom is -0.382 e. The van der Waals surface area contributed by atoms with Crippen molar-refractivity contribution in [3.63, 3.8) is 0 Å². The first kappa shape index (κ1) is 14.7. The lowest BCUT2D eigenvalue weighted by molar-refractivity contribution is -0.121. The average Bonchev–Trinajstić information content (AvgIpc) is 2.39. The first-order valence-electron chi connectivity index (χ1n) is 6.63. The maximum absolute atomic E-state index is 11.7. The van der Waals surface area contributed by atoms with E-state index in [9.17, 15) is 4.79 Å². The molecule has 0 spiro atoms. The van der Waals surface area contributed by atoms with Crippen LogP contribution in [-0.2, 0) is 9.53 Å². The molecule has 0 unspecified atom stereocenters. The average molecular weight is 249 g/mol. The Bertz CT molecular complexity index is 338. The van der Waals surface area contributed by atoms with E-state index in [-0.39, 0.29) is 11.8 Å². The quantitative estimate of drug-likeness (QED) is 0.719. The second-order valence-corrected chi connectivity index (χ2v) is 4.42. The summed E-state index contributed by atoms with van der Waals surface area (Å²) in [5.74, 6) is 0.376. The van der Waals surface area contributed by atoms with E-state index in [1.165, 1.54) is 5.56 Å². The van der Waals surface area contributed by atoms with Crippen molar-refractivity contribution in [3.05, 3.63) is 35.9 Å². The maximum atomic E-state index is 11.7. The van der Waals surface area contributed by atoms with Gasteiger partial charge in [-0.3, -0.25) is 4.79 Å². The van der Waals surface area contributed by atoms with Crippen LogP contribution in [0.5, 0.6) is 0 Å². The Labute approximate surface area is 110 Å². The van der Waals surface area contributed by atoms with E-state index >= 15 is 0 Å². The van der Waals surface area contributed by atoms with Crippen LogP contribution in [0.25, 0.3) is 0 Å². The molecule has 1 aromatic rings. The van der Waals surface area contributed by atoms with Gasteiger partial charge in [-0.25, -0.2) is 0 Å². The van der Waals surface area contributed by atoms with Gasteiger partial charge in [0.25, 0.3) is 0 Å². The number of carbonyl (C=O) groups is 1. The van der Waals surface area contributed by atoms with E-state index in [1.54, 1.807) is 0 Å². The summed E-state index contributed by atoms with van der Waals surface area (Å²) in [6.07, 6.45) is 1.41. The molecule has 1 atom stereocenters. The van der Waals surface area contributed by atoms with Gasteiger partial charge in [-0.1, -0.05) is 37.3 Å². The number of hydrogen-bond donors (Lipinski definition) is 1. The summed E-state index contributed by atoms with van der Waals surface area (Å²) >= 11 is 0. The summed E-state index contributed by atoms with van der Waals surface area (Å²) in [5, 5.41) is 2.92. The SMILES string of the molecule is CCOCCCNC(=O)C[C@@H](C)c1ccccc1. The van der Waals surface area contributed by atoms with Crippen molar-refractivity contribution in [1.82, 2.24) is 5.32 Å². The van der Waals surface area contributed by atoms with Crippen molar-refractivity contribution >= 4 is 5.91 Å². The molecule has 1 rings (SSSR count). The van der Waals surface area contributed by atoms with E-state index in [2.05, 4.69) is 24.4 Å². The lowest BCUT2D eigenvalue weighted by atomic mass is 9.98. The second kappa shape index (κ2) is 8.70. The Hall–Kier alpha value is -1.35. The molecule has 0 radical (unpaired) electrons. The van der Waals surface area contributed by atoms with Gasteiger partial charge in [0.2, 0.25) is 5.91 Å². The molecule has 18 heavy (non-hydrogen) atoms. The van der Waals surface area contributed by atoms with E-state index in [0.717, 1.165) is 13.0 Å². The molecule has 3 heteroatoms. The zero-order valence-electron chi connectivity index (χ0n) is 11.3. The van der Waals surface area contributed by atoms with Crippen LogP contribution >= 0.6 is 0 Å². The molecule has 0 saturated heterocycles. The topological polar surface area (TPSA) is 38.3 Å². The molecular weight excluding hydrogens is 226 g/mol. The third-order valence-electron chi connectivity index (χ3n) is 2.85. The molecule has 0 heterocycles. The second-order valence-electron chi connectivity index (χ2n) is 4.42. The standard InChI is InChI=1S/C15H23NO2/c1-3-18-11-7-10-16-15(17)12-13(2)14-8-5-4-6-9-14/h4-6,8-9,13H,3,7,10-12H2,1-2H3,(H,16,17)/t13-/m1/s1. The van der Waals surface area contributed by atoms with Crippen LogP contribution in [0.3, 0.4) is 0 Å². The predicted molar refractivity (Wildman–Crippen MR) is 73.6 cm³/mol. The van der Waals surface area contributed by atoms with Crippen LogP contribution in [0.2, 0.25) is 0 Å². The lowest BCUT2D eigenvalue weighted by Gasteiger charge is -2.11. The monoisotopic (exact) mass is 249 g/mol. The summed E-state index contributed by atoms with van der Waals surface area (Å²) in [6.45, 7) is 6.19. The van der Waals surface area contributed by atoms with E-state index < -0.39 is 0 Å². The van der Waals surface area contributed by atoms with Gasteiger partial charge >= 0.3 is 0 Å². The number of carbonyl (C=O) groups excluding carboxylic acids is 1. The normalized spacial score (nSPS) is 12.1.